The van der Waals surface area contributed by atoms with Crippen molar-refractivity contribution < 1.29 is 49.7 Å². The highest BCUT2D eigenvalue weighted by Crippen LogP contribution is 2.50. The van der Waals surface area contributed by atoms with Gasteiger partial charge in [-0.15, -0.1) is 0 Å². The number of aliphatic hydroxyl groups is 1. The van der Waals surface area contributed by atoms with Crippen molar-refractivity contribution in [2.75, 3.05) is 19.8 Å². The summed E-state index contributed by atoms with van der Waals surface area (Å²) in [6.45, 7) is -1.23. The van der Waals surface area contributed by atoms with Crippen LogP contribution in [0.15, 0.2) is 0 Å². The van der Waals surface area contributed by atoms with E-state index < -0.39 is 49.4 Å². The van der Waals surface area contributed by atoms with Crippen LogP contribution in [0.5, 0.6) is 0 Å². The number of aliphatic hydroxyl groups excluding tert-OH is 1. The fraction of sp³-hybridized carbons (Fsp3) is 1.00. The van der Waals surface area contributed by atoms with Crippen LogP contribution >= 0.6 is 0 Å². The number of halogens is 8. The van der Waals surface area contributed by atoms with Gasteiger partial charge in [0, 0.05) is 6.42 Å². The predicted octanol–water partition coefficient (Wildman–Crippen LogP) is 2.32. The average molecular weight is 332 g/mol. The Morgan fingerprint density at radius 1 is 1.14 bits per heavy atom. The van der Waals surface area contributed by atoms with E-state index in [4.69, 9.17) is 5.11 Å². The van der Waals surface area contributed by atoms with Crippen LogP contribution in [0, 0.1) is 0 Å². The van der Waals surface area contributed by atoms with Crippen molar-refractivity contribution >= 4 is 0 Å². The molecular formula is C10H12F8O3. The zero-order valence-electron chi connectivity index (χ0n) is 10.3. The molecule has 2 unspecified atom stereocenters. The summed E-state index contributed by atoms with van der Waals surface area (Å²) in [6.07, 6.45) is -9.36. The molecule has 0 radical (unpaired) electrons. The minimum Gasteiger partial charge on any atom is -0.394 e. The molecule has 0 saturated carbocycles. The van der Waals surface area contributed by atoms with Crippen LogP contribution in [0.1, 0.15) is 6.42 Å². The number of alkyl halides is 8. The first-order valence-electron chi connectivity index (χ1n) is 5.71. The van der Waals surface area contributed by atoms with Gasteiger partial charge < -0.3 is 14.6 Å². The third-order valence-electron chi connectivity index (χ3n) is 2.76. The summed E-state index contributed by atoms with van der Waals surface area (Å²) < 4.78 is 111. The van der Waals surface area contributed by atoms with E-state index in [1.165, 1.54) is 0 Å². The summed E-state index contributed by atoms with van der Waals surface area (Å²) in [7, 11) is 0. The summed E-state index contributed by atoms with van der Waals surface area (Å²) in [5.74, 6) is -18.0. The van der Waals surface area contributed by atoms with Crippen molar-refractivity contribution in [2.24, 2.45) is 0 Å². The van der Waals surface area contributed by atoms with E-state index in [1.54, 1.807) is 0 Å². The van der Waals surface area contributed by atoms with Gasteiger partial charge in [-0.2, -0.15) is 26.3 Å². The van der Waals surface area contributed by atoms with Gasteiger partial charge in [0.15, 0.2) is 0 Å². The van der Waals surface area contributed by atoms with Crippen LogP contribution in [0.4, 0.5) is 35.1 Å². The lowest BCUT2D eigenvalue weighted by Gasteiger charge is -2.33. The zero-order valence-corrected chi connectivity index (χ0v) is 10.3. The molecule has 0 aromatic carbocycles. The zero-order chi connectivity index (χ0) is 16.5. The second-order valence-electron chi connectivity index (χ2n) is 4.50. The molecule has 1 aliphatic heterocycles. The van der Waals surface area contributed by atoms with Crippen molar-refractivity contribution in [1.29, 1.82) is 0 Å². The van der Waals surface area contributed by atoms with Crippen LogP contribution in [0.2, 0.25) is 0 Å². The molecule has 0 aromatic heterocycles. The summed E-state index contributed by atoms with van der Waals surface area (Å²) in [6, 6.07) is 0. The highest BCUT2D eigenvalue weighted by molar-refractivity contribution is 4.98. The van der Waals surface area contributed by atoms with Crippen molar-refractivity contribution in [2.45, 2.75) is 42.8 Å². The first-order chi connectivity index (χ1) is 9.45. The van der Waals surface area contributed by atoms with E-state index >= 15 is 0 Å². The molecular weight excluding hydrogens is 320 g/mol. The quantitative estimate of drug-likeness (QED) is 0.520. The Morgan fingerprint density at radius 3 is 2.05 bits per heavy atom. The lowest BCUT2D eigenvalue weighted by molar-refractivity contribution is -0.343. The molecule has 1 N–H and O–H groups in total. The second kappa shape index (κ2) is 6.21. The molecule has 1 saturated heterocycles. The van der Waals surface area contributed by atoms with Crippen LogP contribution in [0.3, 0.4) is 0 Å². The molecule has 2 atom stereocenters. The van der Waals surface area contributed by atoms with Crippen LogP contribution < -0.4 is 0 Å². The SMILES string of the molecule is OCC(CC(F)(F)C(F)(F)C(F)(F)C(F)F)OCC1CO1. The fourth-order valence-corrected chi connectivity index (χ4v) is 1.38. The van der Waals surface area contributed by atoms with Crippen LogP contribution in [0.25, 0.3) is 0 Å². The van der Waals surface area contributed by atoms with E-state index in [-0.39, 0.29) is 13.2 Å². The lowest BCUT2D eigenvalue weighted by atomic mass is 9.99. The summed E-state index contributed by atoms with van der Waals surface area (Å²) in [5, 5.41) is 8.72. The highest BCUT2D eigenvalue weighted by Gasteiger charge is 2.75. The molecule has 11 heteroatoms. The maximum Gasteiger partial charge on any atom is 0.377 e. The predicted molar refractivity (Wildman–Crippen MR) is 52.0 cm³/mol. The molecule has 3 nitrogen and oxygen atoms in total. The number of hydrogen-bond acceptors (Lipinski definition) is 3. The smallest absolute Gasteiger partial charge is 0.377 e. The first kappa shape index (κ1) is 18.4. The topological polar surface area (TPSA) is 42.0 Å². The third kappa shape index (κ3) is 3.95. The Kier molecular flexibility index (Phi) is 5.43. The molecule has 126 valence electrons. The number of rotatable bonds is 9. The maximum absolute atomic E-state index is 13.2. The largest absolute Gasteiger partial charge is 0.394 e. The summed E-state index contributed by atoms with van der Waals surface area (Å²) in [5.41, 5.74) is 0. The minimum absolute atomic E-state index is 0.244. The normalized spacial score (nSPS) is 21.7. The lowest BCUT2D eigenvalue weighted by Crippen LogP contribution is -2.58. The minimum atomic E-state index is -6.29. The first-order valence-corrected chi connectivity index (χ1v) is 5.71. The second-order valence-corrected chi connectivity index (χ2v) is 4.50. The van der Waals surface area contributed by atoms with Crippen LogP contribution in [-0.4, -0.2) is 61.3 Å². The molecule has 0 bridgehead atoms. The Balaban J connectivity index is 2.75. The van der Waals surface area contributed by atoms with E-state index in [9.17, 15) is 35.1 Å². The van der Waals surface area contributed by atoms with E-state index in [2.05, 4.69) is 9.47 Å². The summed E-state index contributed by atoms with van der Waals surface area (Å²) >= 11 is 0. The van der Waals surface area contributed by atoms with E-state index in [1.807, 2.05) is 0 Å². The van der Waals surface area contributed by atoms with E-state index in [0.717, 1.165) is 0 Å². The number of epoxide rings is 1. The van der Waals surface area contributed by atoms with Gasteiger partial charge in [0.05, 0.1) is 25.9 Å². The molecule has 1 heterocycles. The molecule has 0 spiro atoms. The molecule has 1 rings (SSSR count). The van der Waals surface area contributed by atoms with Crippen molar-refractivity contribution in [3.05, 3.63) is 0 Å². The number of ether oxygens (including phenoxy) is 2. The molecule has 1 fully saturated rings. The fourth-order valence-electron chi connectivity index (χ4n) is 1.38. The van der Waals surface area contributed by atoms with E-state index in [0.29, 0.717) is 0 Å². The Morgan fingerprint density at radius 2 is 1.67 bits per heavy atom. The van der Waals surface area contributed by atoms with Gasteiger partial charge in [-0.05, 0) is 0 Å². The van der Waals surface area contributed by atoms with Crippen molar-refractivity contribution in [1.82, 2.24) is 0 Å². The van der Waals surface area contributed by atoms with Crippen molar-refractivity contribution in [3.63, 3.8) is 0 Å². The maximum atomic E-state index is 13.2. The van der Waals surface area contributed by atoms with Gasteiger partial charge in [0.1, 0.15) is 6.10 Å². The van der Waals surface area contributed by atoms with Gasteiger partial charge in [-0.1, -0.05) is 0 Å². The Bertz CT molecular complexity index is 345. The van der Waals surface area contributed by atoms with Gasteiger partial charge in [0.25, 0.3) is 0 Å². The van der Waals surface area contributed by atoms with Gasteiger partial charge in [-0.25, -0.2) is 8.78 Å². The Hall–Kier alpha value is -0.680. The number of hydrogen-bond donors (Lipinski definition) is 1. The van der Waals surface area contributed by atoms with Gasteiger partial charge in [0.2, 0.25) is 0 Å². The van der Waals surface area contributed by atoms with Crippen LogP contribution in [-0.2, 0) is 9.47 Å². The molecule has 0 aromatic rings. The molecule has 0 amide bonds. The summed E-state index contributed by atoms with van der Waals surface area (Å²) in [4.78, 5) is 0. The van der Waals surface area contributed by atoms with Crippen molar-refractivity contribution in [3.8, 4) is 0 Å². The third-order valence-corrected chi connectivity index (χ3v) is 2.76. The molecule has 0 aliphatic carbocycles. The average Bonchev–Trinajstić information content (AvgIpc) is 3.17. The standard InChI is InChI=1S/C10H12F8O3/c11-7(12)9(15,16)10(17,18)8(13,14)1-5(2-19)20-3-6-4-21-6/h5-7,19H,1-4H2. The van der Waals surface area contributed by atoms with Gasteiger partial charge >= 0.3 is 24.2 Å². The molecule has 21 heavy (non-hydrogen) atoms. The highest BCUT2D eigenvalue weighted by atomic mass is 19.4. The monoisotopic (exact) mass is 332 g/mol. The van der Waals surface area contributed by atoms with Gasteiger partial charge in [-0.3, -0.25) is 0 Å². The Labute approximate surface area is 113 Å². The molecule has 1 aliphatic rings.